The highest BCUT2D eigenvalue weighted by atomic mass is 16.6. The van der Waals surface area contributed by atoms with E-state index in [1.807, 2.05) is 0 Å². The molecule has 0 unspecified atom stereocenters. The van der Waals surface area contributed by atoms with E-state index in [2.05, 4.69) is 48.5 Å². The van der Waals surface area contributed by atoms with Crippen molar-refractivity contribution in [1.29, 1.82) is 0 Å². The summed E-state index contributed by atoms with van der Waals surface area (Å²) in [4.78, 5) is 14.3. The second kappa shape index (κ2) is 6.89. The van der Waals surface area contributed by atoms with E-state index >= 15 is 0 Å². The van der Waals surface area contributed by atoms with Crippen LogP contribution in [0.25, 0.3) is 11.1 Å². The minimum atomic E-state index is -0.212. The molecule has 2 N–H and O–H groups in total. The third-order valence-corrected chi connectivity index (χ3v) is 5.37. The van der Waals surface area contributed by atoms with E-state index in [9.17, 15) is 4.79 Å². The first-order chi connectivity index (χ1) is 12.2. The van der Waals surface area contributed by atoms with Gasteiger partial charge in [-0.2, -0.15) is 0 Å². The van der Waals surface area contributed by atoms with Gasteiger partial charge in [0, 0.05) is 25.0 Å². The van der Waals surface area contributed by atoms with E-state index in [1.54, 1.807) is 4.90 Å². The quantitative estimate of drug-likeness (QED) is 0.909. The largest absolute Gasteiger partial charge is 0.448 e. The molecule has 1 aliphatic carbocycles. The minimum Gasteiger partial charge on any atom is -0.448 e. The number of hydrogen-bond acceptors (Lipinski definition) is 3. The molecule has 0 saturated carbocycles. The molecule has 25 heavy (non-hydrogen) atoms. The average Bonchev–Trinajstić information content (AvgIpc) is 2.79. The lowest BCUT2D eigenvalue weighted by Gasteiger charge is -2.22. The summed E-state index contributed by atoms with van der Waals surface area (Å²) in [6, 6.07) is 17.0. The molecule has 0 bridgehead atoms. The van der Waals surface area contributed by atoms with Gasteiger partial charge < -0.3 is 15.4 Å². The second-order valence-corrected chi connectivity index (χ2v) is 6.98. The topological polar surface area (TPSA) is 55.6 Å². The molecule has 1 heterocycles. The molecule has 2 aromatic rings. The first-order valence-corrected chi connectivity index (χ1v) is 9.09. The van der Waals surface area contributed by atoms with Crippen LogP contribution in [0.4, 0.5) is 4.79 Å². The van der Waals surface area contributed by atoms with Gasteiger partial charge in [0.15, 0.2) is 0 Å². The smallest absolute Gasteiger partial charge is 0.409 e. The van der Waals surface area contributed by atoms with Gasteiger partial charge >= 0.3 is 6.09 Å². The first kappa shape index (κ1) is 16.2. The van der Waals surface area contributed by atoms with E-state index in [1.165, 1.54) is 22.3 Å². The molecule has 1 atom stereocenters. The molecule has 4 heteroatoms. The first-order valence-electron chi connectivity index (χ1n) is 9.09. The van der Waals surface area contributed by atoms with Crippen LogP contribution in [0.3, 0.4) is 0 Å². The standard InChI is InChI=1S/C21H24N2O2/c22-15-6-5-12-23(13-11-15)21(24)25-14-20-18-9-3-1-7-16(18)17-8-2-4-10-19(17)20/h1-4,7-10,15,20H,5-6,11-14,22H2/t15-/m1/s1. The number of benzene rings is 2. The SMILES string of the molecule is N[C@@H]1CCCN(C(=O)OCC2c3ccccc3-c3ccccc32)CC1. The predicted molar refractivity (Wildman–Crippen MR) is 98.5 cm³/mol. The molecular weight excluding hydrogens is 312 g/mol. The van der Waals surface area contributed by atoms with Crippen LogP contribution in [0.15, 0.2) is 48.5 Å². The van der Waals surface area contributed by atoms with Crippen LogP contribution in [0.5, 0.6) is 0 Å². The van der Waals surface area contributed by atoms with Crippen molar-refractivity contribution in [3.8, 4) is 11.1 Å². The monoisotopic (exact) mass is 336 g/mol. The van der Waals surface area contributed by atoms with Crippen LogP contribution in [0.2, 0.25) is 0 Å². The normalized spacial score (nSPS) is 19.9. The molecule has 2 aliphatic rings. The summed E-state index contributed by atoms with van der Waals surface area (Å²) in [6.07, 6.45) is 2.57. The zero-order valence-corrected chi connectivity index (χ0v) is 14.4. The maximum Gasteiger partial charge on any atom is 0.409 e. The Bertz CT molecular complexity index is 728. The highest BCUT2D eigenvalue weighted by Crippen LogP contribution is 2.44. The highest BCUT2D eigenvalue weighted by Gasteiger charge is 2.30. The lowest BCUT2D eigenvalue weighted by molar-refractivity contribution is 0.101. The molecule has 130 valence electrons. The Kier molecular flexibility index (Phi) is 4.45. The molecular formula is C21H24N2O2. The molecule has 0 radical (unpaired) electrons. The van der Waals surface area contributed by atoms with Crippen molar-refractivity contribution in [2.75, 3.05) is 19.7 Å². The number of fused-ring (bicyclic) bond motifs is 3. The number of amides is 1. The van der Waals surface area contributed by atoms with Crippen molar-refractivity contribution in [1.82, 2.24) is 4.90 Å². The predicted octanol–water partition coefficient (Wildman–Crippen LogP) is 3.75. The van der Waals surface area contributed by atoms with Crippen LogP contribution in [-0.4, -0.2) is 36.7 Å². The highest BCUT2D eigenvalue weighted by molar-refractivity contribution is 5.79. The van der Waals surface area contributed by atoms with E-state index in [-0.39, 0.29) is 18.1 Å². The minimum absolute atomic E-state index is 0.116. The van der Waals surface area contributed by atoms with Gasteiger partial charge in [0.1, 0.15) is 6.61 Å². The van der Waals surface area contributed by atoms with Gasteiger partial charge in [-0.15, -0.1) is 0 Å². The van der Waals surface area contributed by atoms with Crippen LogP contribution in [0, 0.1) is 0 Å². The maximum atomic E-state index is 12.5. The average molecular weight is 336 g/mol. The Hall–Kier alpha value is -2.33. The Morgan fingerprint density at radius 1 is 1.00 bits per heavy atom. The molecule has 4 rings (SSSR count). The van der Waals surface area contributed by atoms with Crippen LogP contribution in [-0.2, 0) is 4.74 Å². The molecule has 1 fully saturated rings. The fourth-order valence-corrected chi connectivity index (χ4v) is 3.99. The summed E-state index contributed by atoms with van der Waals surface area (Å²) in [5.74, 6) is 0.116. The van der Waals surface area contributed by atoms with E-state index in [0.29, 0.717) is 13.2 Å². The van der Waals surface area contributed by atoms with Gasteiger partial charge in [0.05, 0.1) is 0 Å². The van der Waals surface area contributed by atoms with Crippen LogP contribution >= 0.6 is 0 Å². The van der Waals surface area contributed by atoms with Crippen molar-refractivity contribution >= 4 is 6.09 Å². The molecule has 0 spiro atoms. The number of likely N-dealkylation sites (tertiary alicyclic amines) is 1. The number of carbonyl (C=O) groups excluding carboxylic acids is 1. The summed E-state index contributed by atoms with van der Waals surface area (Å²) in [6.45, 7) is 1.82. The van der Waals surface area contributed by atoms with E-state index < -0.39 is 0 Å². The molecule has 1 saturated heterocycles. The van der Waals surface area contributed by atoms with Crippen molar-refractivity contribution < 1.29 is 9.53 Å². The fourth-order valence-electron chi connectivity index (χ4n) is 3.99. The zero-order valence-electron chi connectivity index (χ0n) is 14.4. The lowest BCUT2D eigenvalue weighted by Crippen LogP contribution is -2.34. The number of hydrogen-bond donors (Lipinski definition) is 1. The fraction of sp³-hybridized carbons (Fsp3) is 0.381. The van der Waals surface area contributed by atoms with E-state index in [0.717, 1.165) is 25.8 Å². The van der Waals surface area contributed by atoms with Gasteiger partial charge in [-0.3, -0.25) is 0 Å². The van der Waals surface area contributed by atoms with E-state index in [4.69, 9.17) is 10.5 Å². The number of nitrogens with zero attached hydrogens (tertiary/aromatic N) is 1. The molecule has 1 amide bonds. The Morgan fingerprint density at radius 2 is 1.64 bits per heavy atom. The number of ether oxygens (including phenoxy) is 1. The second-order valence-electron chi connectivity index (χ2n) is 6.98. The van der Waals surface area contributed by atoms with Crippen LogP contribution in [0.1, 0.15) is 36.3 Å². The van der Waals surface area contributed by atoms with Crippen molar-refractivity contribution in [2.24, 2.45) is 5.73 Å². The molecule has 4 nitrogen and oxygen atoms in total. The summed E-state index contributed by atoms with van der Waals surface area (Å²) in [5, 5.41) is 0. The summed E-state index contributed by atoms with van der Waals surface area (Å²) >= 11 is 0. The van der Waals surface area contributed by atoms with Gasteiger partial charge in [-0.05, 0) is 41.5 Å². The summed E-state index contributed by atoms with van der Waals surface area (Å²) in [5.41, 5.74) is 11.0. The Morgan fingerprint density at radius 3 is 2.32 bits per heavy atom. The van der Waals surface area contributed by atoms with Gasteiger partial charge in [0.25, 0.3) is 0 Å². The Labute approximate surface area is 148 Å². The maximum absolute atomic E-state index is 12.5. The summed E-state index contributed by atoms with van der Waals surface area (Å²) in [7, 11) is 0. The van der Waals surface area contributed by atoms with Crippen molar-refractivity contribution in [3.05, 3.63) is 59.7 Å². The molecule has 0 aromatic heterocycles. The lowest BCUT2D eigenvalue weighted by atomic mass is 9.98. The van der Waals surface area contributed by atoms with Crippen molar-refractivity contribution in [2.45, 2.75) is 31.2 Å². The zero-order chi connectivity index (χ0) is 17.2. The van der Waals surface area contributed by atoms with Gasteiger partial charge in [-0.25, -0.2) is 4.79 Å². The van der Waals surface area contributed by atoms with Crippen molar-refractivity contribution in [3.63, 3.8) is 0 Å². The number of carbonyl (C=O) groups is 1. The molecule has 1 aliphatic heterocycles. The molecule has 2 aromatic carbocycles. The number of rotatable bonds is 2. The van der Waals surface area contributed by atoms with Gasteiger partial charge in [0.2, 0.25) is 0 Å². The van der Waals surface area contributed by atoms with Crippen LogP contribution < -0.4 is 5.73 Å². The van der Waals surface area contributed by atoms with Gasteiger partial charge in [-0.1, -0.05) is 48.5 Å². The summed E-state index contributed by atoms with van der Waals surface area (Å²) < 4.78 is 5.72. The third-order valence-electron chi connectivity index (χ3n) is 5.37. The third kappa shape index (κ3) is 3.14. The Balaban J connectivity index is 1.48. The number of nitrogens with two attached hydrogens (primary N) is 1.